The molecule has 2 heterocycles. The molecule has 1 aromatic carbocycles. The molecule has 21 heavy (non-hydrogen) atoms. The van der Waals surface area contributed by atoms with Crippen LogP contribution in [0.4, 0.5) is 0 Å². The molecule has 0 spiro atoms. The van der Waals surface area contributed by atoms with E-state index in [2.05, 4.69) is 0 Å². The SMILES string of the molecule is CC1OC[C@H]2O[C@H](OCc3ccccc3)[C@@H](O)[C@H](O)[C@@H]2O1. The highest BCUT2D eigenvalue weighted by Gasteiger charge is 2.48. The summed E-state index contributed by atoms with van der Waals surface area (Å²) in [5.41, 5.74) is 0.967. The minimum Gasteiger partial charge on any atom is -0.387 e. The molecule has 3 rings (SSSR count). The number of fused-ring (bicyclic) bond motifs is 1. The molecule has 116 valence electrons. The Balaban J connectivity index is 1.61. The largest absolute Gasteiger partial charge is 0.387 e. The third-order valence-electron chi connectivity index (χ3n) is 3.74. The Morgan fingerprint density at radius 3 is 2.67 bits per heavy atom. The van der Waals surface area contributed by atoms with E-state index >= 15 is 0 Å². The molecule has 0 saturated carbocycles. The molecule has 1 aromatic rings. The Bertz CT molecular complexity index is 451. The van der Waals surface area contributed by atoms with Crippen molar-refractivity contribution in [2.24, 2.45) is 0 Å². The van der Waals surface area contributed by atoms with Crippen molar-refractivity contribution in [3.63, 3.8) is 0 Å². The van der Waals surface area contributed by atoms with E-state index in [4.69, 9.17) is 18.9 Å². The van der Waals surface area contributed by atoms with Crippen molar-refractivity contribution in [1.29, 1.82) is 0 Å². The zero-order valence-corrected chi connectivity index (χ0v) is 11.8. The maximum atomic E-state index is 10.2. The highest BCUT2D eigenvalue weighted by molar-refractivity contribution is 5.13. The maximum Gasteiger partial charge on any atom is 0.187 e. The summed E-state index contributed by atoms with van der Waals surface area (Å²) in [6.45, 7) is 2.35. The van der Waals surface area contributed by atoms with E-state index in [1.54, 1.807) is 6.92 Å². The Morgan fingerprint density at radius 2 is 1.90 bits per heavy atom. The first kappa shape index (κ1) is 14.9. The number of benzene rings is 1. The molecule has 6 atom stereocenters. The van der Waals surface area contributed by atoms with Gasteiger partial charge in [-0.2, -0.15) is 0 Å². The average Bonchev–Trinajstić information content (AvgIpc) is 2.51. The van der Waals surface area contributed by atoms with Crippen LogP contribution in [0.3, 0.4) is 0 Å². The molecular weight excluding hydrogens is 276 g/mol. The van der Waals surface area contributed by atoms with Gasteiger partial charge in [-0.1, -0.05) is 30.3 Å². The number of aliphatic hydroxyl groups excluding tert-OH is 2. The minimum absolute atomic E-state index is 0.296. The van der Waals surface area contributed by atoms with E-state index in [0.29, 0.717) is 13.2 Å². The second kappa shape index (κ2) is 6.39. The molecular formula is C15H20O6. The Morgan fingerprint density at radius 1 is 1.14 bits per heavy atom. The van der Waals surface area contributed by atoms with Crippen LogP contribution in [-0.4, -0.2) is 53.8 Å². The van der Waals surface area contributed by atoms with Gasteiger partial charge < -0.3 is 29.2 Å². The third kappa shape index (κ3) is 3.26. The summed E-state index contributed by atoms with van der Waals surface area (Å²) >= 11 is 0. The van der Waals surface area contributed by atoms with Crippen LogP contribution in [0.15, 0.2) is 30.3 Å². The number of hydrogen-bond donors (Lipinski definition) is 2. The van der Waals surface area contributed by atoms with Crippen LogP contribution in [0.1, 0.15) is 12.5 Å². The molecule has 1 unspecified atom stereocenters. The number of hydrogen-bond acceptors (Lipinski definition) is 6. The van der Waals surface area contributed by atoms with Crippen molar-refractivity contribution in [3.8, 4) is 0 Å². The summed E-state index contributed by atoms with van der Waals surface area (Å²) in [6.07, 6.45) is -4.57. The summed E-state index contributed by atoms with van der Waals surface area (Å²) in [6, 6.07) is 9.57. The van der Waals surface area contributed by atoms with Crippen molar-refractivity contribution >= 4 is 0 Å². The molecule has 2 saturated heterocycles. The first-order valence-electron chi connectivity index (χ1n) is 7.09. The molecule has 0 bridgehead atoms. The van der Waals surface area contributed by atoms with Gasteiger partial charge in [-0.25, -0.2) is 0 Å². The Hall–Kier alpha value is -1.02. The molecule has 0 amide bonds. The van der Waals surface area contributed by atoms with Gasteiger partial charge in [0.2, 0.25) is 0 Å². The lowest BCUT2D eigenvalue weighted by Gasteiger charge is -2.45. The summed E-state index contributed by atoms with van der Waals surface area (Å²) in [7, 11) is 0. The van der Waals surface area contributed by atoms with Gasteiger partial charge in [-0.05, 0) is 12.5 Å². The van der Waals surface area contributed by atoms with Gasteiger partial charge in [0, 0.05) is 0 Å². The average molecular weight is 296 g/mol. The molecule has 2 aliphatic rings. The monoisotopic (exact) mass is 296 g/mol. The minimum atomic E-state index is -1.15. The van der Waals surface area contributed by atoms with Gasteiger partial charge in [0.15, 0.2) is 12.6 Å². The van der Waals surface area contributed by atoms with Gasteiger partial charge >= 0.3 is 0 Å². The van der Waals surface area contributed by atoms with E-state index in [1.165, 1.54) is 0 Å². The predicted octanol–water partition coefficient (Wildman–Crippen LogP) is 0.411. The second-order valence-corrected chi connectivity index (χ2v) is 5.32. The van der Waals surface area contributed by atoms with Crippen molar-refractivity contribution in [1.82, 2.24) is 0 Å². The molecule has 0 aliphatic carbocycles. The molecule has 6 heteroatoms. The standard InChI is InChI=1S/C15H20O6/c1-9-18-8-11-14(20-9)12(16)13(17)15(21-11)19-7-10-5-3-2-4-6-10/h2-6,9,11-17H,7-8H2,1H3/t9?,11-,12+,13+,14-,15+/m1/s1. The van der Waals surface area contributed by atoms with Crippen molar-refractivity contribution in [3.05, 3.63) is 35.9 Å². The highest BCUT2D eigenvalue weighted by Crippen LogP contribution is 2.29. The smallest absolute Gasteiger partial charge is 0.187 e. The van der Waals surface area contributed by atoms with Crippen LogP contribution in [0.5, 0.6) is 0 Å². The van der Waals surface area contributed by atoms with E-state index in [1.807, 2.05) is 30.3 Å². The quantitative estimate of drug-likeness (QED) is 0.841. The van der Waals surface area contributed by atoms with E-state index < -0.39 is 37.0 Å². The van der Waals surface area contributed by atoms with Crippen LogP contribution in [-0.2, 0) is 25.6 Å². The lowest BCUT2D eigenvalue weighted by molar-refractivity contribution is -0.357. The summed E-state index contributed by atoms with van der Waals surface area (Å²) in [5, 5.41) is 20.3. The lowest BCUT2D eigenvalue weighted by Crippen LogP contribution is -2.62. The van der Waals surface area contributed by atoms with Gasteiger partial charge in [-0.15, -0.1) is 0 Å². The van der Waals surface area contributed by atoms with Gasteiger partial charge in [0.1, 0.15) is 24.4 Å². The highest BCUT2D eigenvalue weighted by atomic mass is 16.8. The molecule has 0 aromatic heterocycles. The van der Waals surface area contributed by atoms with Gasteiger partial charge in [-0.3, -0.25) is 0 Å². The number of rotatable bonds is 3. The van der Waals surface area contributed by atoms with Crippen LogP contribution in [0.2, 0.25) is 0 Å². The number of aliphatic hydroxyl groups is 2. The van der Waals surface area contributed by atoms with E-state index in [-0.39, 0.29) is 0 Å². The van der Waals surface area contributed by atoms with Crippen LogP contribution in [0.25, 0.3) is 0 Å². The fourth-order valence-corrected chi connectivity index (χ4v) is 2.59. The van der Waals surface area contributed by atoms with Crippen molar-refractivity contribution in [2.75, 3.05) is 6.61 Å². The molecule has 2 aliphatic heterocycles. The fraction of sp³-hybridized carbons (Fsp3) is 0.600. The third-order valence-corrected chi connectivity index (χ3v) is 3.74. The molecule has 2 N–H and O–H groups in total. The normalized spacial score (nSPS) is 39.8. The second-order valence-electron chi connectivity index (χ2n) is 5.32. The van der Waals surface area contributed by atoms with Crippen LogP contribution < -0.4 is 0 Å². The van der Waals surface area contributed by atoms with E-state index in [9.17, 15) is 10.2 Å². The zero-order valence-electron chi connectivity index (χ0n) is 11.8. The van der Waals surface area contributed by atoms with Crippen LogP contribution in [0, 0.1) is 0 Å². The maximum absolute atomic E-state index is 10.2. The first-order valence-corrected chi connectivity index (χ1v) is 7.09. The topological polar surface area (TPSA) is 77.4 Å². The van der Waals surface area contributed by atoms with Gasteiger partial charge in [0.05, 0.1) is 13.2 Å². The first-order chi connectivity index (χ1) is 10.1. The summed E-state index contributed by atoms with van der Waals surface area (Å²) in [5.74, 6) is 0. The molecule has 6 nitrogen and oxygen atoms in total. The summed E-state index contributed by atoms with van der Waals surface area (Å²) in [4.78, 5) is 0. The Labute approximate surface area is 123 Å². The predicted molar refractivity (Wildman–Crippen MR) is 72.2 cm³/mol. The van der Waals surface area contributed by atoms with E-state index in [0.717, 1.165) is 5.56 Å². The van der Waals surface area contributed by atoms with Crippen molar-refractivity contribution in [2.45, 2.75) is 50.5 Å². The Kier molecular flexibility index (Phi) is 4.54. The fourth-order valence-electron chi connectivity index (χ4n) is 2.59. The molecule has 0 radical (unpaired) electrons. The van der Waals surface area contributed by atoms with Crippen molar-refractivity contribution < 1.29 is 29.2 Å². The van der Waals surface area contributed by atoms with Crippen LogP contribution >= 0.6 is 0 Å². The van der Waals surface area contributed by atoms with Gasteiger partial charge in [0.25, 0.3) is 0 Å². The number of ether oxygens (including phenoxy) is 4. The zero-order chi connectivity index (χ0) is 14.8. The lowest BCUT2D eigenvalue weighted by atomic mass is 9.98. The summed E-state index contributed by atoms with van der Waals surface area (Å²) < 4.78 is 22.1. The molecule has 2 fully saturated rings.